The van der Waals surface area contributed by atoms with Gasteiger partial charge in [-0.1, -0.05) is 18.2 Å². The summed E-state index contributed by atoms with van der Waals surface area (Å²) in [5.74, 6) is -0.523. The van der Waals surface area contributed by atoms with Gasteiger partial charge in [0.2, 0.25) is 0 Å². The SMILES string of the molecule is COc1cc2ccn(S(=O)(=O)c3ccccc3)c2cc1F. The first-order valence-electron chi connectivity index (χ1n) is 6.19. The van der Waals surface area contributed by atoms with E-state index in [1.54, 1.807) is 24.3 Å². The van der Waals surface area contributed by atoms with Crippen LogP contribution in [0.4, 0.5) is 4.39 Å². The summed E-state index contributed by atoms with van der Waals surface area (Å²) in [4.78, 5) is 0.152. The molecule has 0 bridgehead atoms. The zero-order chi connectivity index (χ0) is 15.0. The Kier molecular flexibility index (Phi) is 3.17. The Labute approximate surface area is 121 Å². The minimum atomic E-state index is -3.75. The van der Waals surface area contributed by atoms with Crippen LogP contribution in [-0.4, -0.2) is 19.5 Å². The second-order valence-corrected chi connectivity index (χ2v) is 6.29. The minimum Gasteiger partial charge on any atom is -0.494 e. The third-order valence-electron chi connectivity index (χ3n) is 3.23. The highest BCUT2D eigenvalue weighted by Gasteiger charge is 2.19. The van der Waals surface area contributed by atoms with Crippen molar-refractivity contribution in [2.45, 2.75) is 4.90 Å². The lowest BCUT2D eigenvalue weighted by molar-refractivity contribution is 0.387. The van der Waals surface area contributed by atoms with Crippen LogP contribution in [0, 0.1) is 5.82 Å². The van der Waals surface area contributed by atoms with E-state index < -0.39 is 15.8 Å². The fourth-order valence-corrected chi connectivity index (χ4v) is 3.55. The van der Waals surface area contributed by atoms with Crippen molar-refractivity contribution in [3.05, 3.63) is 60.5 Å². The number of aromatic nitrogens is 1. The largest absolute Gasteiger partial charge is 0.494 e. The Bertz CT molecular complexity index is 901. The first-order chi connectivity index (χ1) is 10.0. The van der Waals surface area contributed by atoms with E-state index >= 15 is 0 Å². The second-order valence-electron chi connectivity index (χ2n) is 4.48. The number of nitrogens with zero attached hydrogens (tertiary/aromatic N) is 1. The van der Waals surface area contributed by atoms with E-state index in [-0.39, 0.29) is 16.2 Å². The fourth-order valence-electron chi connectivity index (χ4n) is 2.18. The van der Waals surface area contributed by atoms with Crippen molar-refractivity contribution >= 4 is 20.9 Å². The van der Waals surface area contributed by atoms with Gasteiger partial charge in [0.25, 0.3) is 10.0 Å². The van der Waals surface area contributed by atoms with Crippen LogP contribution in [0.3, 0.4) is 0 Å². The molecule has 6 heteroatoms. The Morgan fingerprint density at radius 3 is 2.48 bits per heavy atom. The van der Waals surface area contributed by atoms with Crippen LogP contribution < -0.4 is 4.74 Å². The molecule has 0 aliphatic heterocycles. The number of ether oxygens (including phenoxy) is 1. The molecule has 0 fully saturated rings. The van der Waals surface area contributed by atoms with Gasteiger partial charge in [0.05, 0.1) is 17.5 Å². The molecular weight excluding hydrogens is 293 g/mol. The summed E-state index contributed by atoms with van der Waals surface area (Å²) >= 11 is 0. The molecule has 108 valence electrons. The average Bonchev–Trinajstić information content (AvgIpc) is 2.90. The summed E-state index contributed by atoms with van der Waals surface area (Å²) in [5, 5.41) is 0.591. The lowest BCUT2D eigenvalue weighted by Crippen LogP contribution is -2.11. The standard InChI is InChI=1S/C15H12FNO3S/c1-20-15-9-11-7-8-17(14(11)10-13(15)16)21(18,19)12-5-3-2-4-6-12/h2-10H,1H3. The smallest absolute Gasteiger partial charge is 0.268 e. The Hall–Kier alpha value is -2.34. The van der Waals surface area contributed by atoms with Gasteiger partial charge in [0, 0.05) is 17.6 Å². The quantitative estimate of drug-likeness (QED) is 0.747. The molecule has 0 saturated heterocycles. The molecule has 0 spiro atoms. The molecule has 0 radical (unpaired) electrons. The summed E-state index contributed by atoms with van der Waals surface area (Å²) in [7, 11) is -2.39. The van der Waals surface area contributed by atoms with E-state index in [1.807, 2.05) is 0 Å². The second kappa shape index (κ2) is 4.89. The highest BCUT2D eigenvalue weighted by atomic mass is 32.2. The van der Waals surface area contributed by atoms with Crippen molar-refractivity contribution in [1.29, 1.82) is 0 Å². The predicted molar refractivity (Wildman–Crippen MR) is 77.5 cm³/mol. The molecule has 2 aromatic carbocycles. The van der Waals surface area contributed by atoms with Gasteiger partial charge < -0.3 is 4.74 Å². The van der Waals surface area contributed by atoms with Crippen molar-refractivity contribution in [3.63, 3.8) is 0 Å². The summed E-state index contributed by atoms with van der Waals surface area (Å²) in [5.41, 5.74) is 0.275. The maximum atomic E-state index is 13.8. The first-order valence-corrected chi connectivity index (χ1v) is 7.63. The topological polar surface area (TPSA) is 48.3 Å². The van der Waals surface area contributed by atoms with E-state index in [4.69, 9.17) is 4.74 Å². The Morgan fingerprint density at radius 2 is 1.81 bits per heavy atom. The number of hydrogen-bond donors (Lipinski definition) is 0. The van der Waals surface area contributed by atoms with Gasteiger partial charge in [-0.15, -0.1) is 0 Å². The van der Waals surface area contributed by atoms with Gasteiger partial charge in [-0.3, -0.25) is 0 Å². The van der Waals surface area contributed by atoms with Crippen molar-refractivity contribution in [1.82, 2.24) is 3.97 Å². The predicted octanol–water partition coefficient (Wildman–Crippen LogP) is 3.03. The average molecular weight is 305 g/mol. The van der Waals surface area contributed by atoms with Crippen LogP contribution in [0.2, 0.25) is 0 Å². The highest BCUT2D eigenvalue weighted by Crippen LogP contribution is 2.28. The number of benzene rings is 2. The molecule has 0 aliphatic rings. The van der Waals surface area contributed by atoms with E-state index in [1.165, 1.54) is 31.5 Å². The van der Waals surface area contributed by atoms with Crippen LogP contribution in [0.5, 0.6) is 5.75 Å². The highest BCUT2D eigenvalue weighted by molar-refractivity contribution is 7.90. The van der Waals surface area contributed by atoms with Crippen molar-refractivity contribution in [2.75, 3.05) is 7.11 Å². The summed E-state index contributed by atoms with van der Waals surface area (Å²) in [6, 6.07) is 12.3. The molecule has 0 amide bonds. The molecule has 3 rings (SSSR count). The molecule has 21 heavy (non-hydrogen) atoms. The van der Waals surface area contributed by atoms with Crippen LogP contribution in [0.15, 0.2) is 59.6 Å². The maximum absolute atomic E-state index is 13.8. The number of methoxy groups -OCH3 is 1. The lowest BCUT2D eigenvalue weighted by atomic mass is 10.2. The molecule has 0 saturated carbocycles. The fraction of sp³-hybridized carbons (Fsp3) is 0.0667. The molecule has 0 atom stereocenters. The third kappa shape index (κ3) is 2.17. The monoisotopic (exact) mass is 305 g/mol. The maximum Gasteiger partial charge on any atom is 0.268 e. The molecule has 4 nitrogen and oxygen atoms in total. The van der Waals surface area contributed by atoms with E-state index in [9.17, 15) is 12.8 Å². The Morgan fingerprint density at radius 1 is 1.10 bits per heavy atom. The molecule has 3 aromatic rings. The van der Waals surface area contributed by atoms with Gasteiger partial charge >= 0.3 is 0 Å². The summed E-state index contributed by atoms with van der Waals surface area (Å²) in [6.45, 7) is 0. The molecule has 1 aromatic heterocycles. The molecular formula is C15H12FNO3S. The van der Waals surface area contributed by atoms with Crippen molar-refractivity contribution < 1.29 is 17.5 Å². The lowest BCUT2D eigenvalue weighted by Gasteiger charge is -2.08. The summed E-state index contributed by atoms with van der Waals surface area (Å²) < 4.78 is 45.0. The zero-order valence-electron chi connectivity index (χ0n) is 11.2. The van der Waals surface area contributed by atoms with Gasteiger partial charge in [0.1, 0.15) is 0 Å². The van der Waals surface area contributed by atoms with Crippen molar-refractivity contribution in [2.24, 2.45) is 0 Å². The summed E-state index contributed by atoms with van der Waals surface area (Å²) in [6.07, 6.45) is 1.41. The van der Waals surface area contributed by atoms with E-state index in [0.717, 1.165) is 10.0 Å². The van der Waals surface area contributed by atoms with Crippen LogP contribution in [0.1, 0.15) is 0 Å². The van der Waals surface area contributed by atoms with Crippen LogP contribution >= 0.6 is 0 Å². The zero-order valence-corrected chi connectivity index (χ0v) is 12.0. The third-order valence-corrected chi connectivity index (χ3v) is 4.93. The molecule has 1 heterocycles. The number of rotatable bonds is 3. The van der Waals surface area contributed by atoms with E-state index in [2.05, 4.69) is 0 Å². The normalized spacial score (nSPS) is 11.7. The van der Waals surface area contributed by atoms with Gasteiger partial charge in [-0.25, -0.2) is 16.8 Å². The first kappa shape index (κ1) is 13.6. The van der Waals surface area contributed by atoms with Gasteiger partial charge in [-0.2, -0.15) is 0 Å². The van der Waals surface area contributed by atoms with Gasteiger partial charge in [0.15, 0.2) is 11.6 Å². The Balaban J connectivity index is 2.24. The van der Waals surface area contributed by atoms with Crippen molar-refractivity contribution in [3.8, 4) is 5.75 Å². The van der Waals surface area contributed by atoms with E-state index in [0.29, 0.717) is 5.39 Å². The number of halogens is 1. The number of hydrogen-bond acceptors (Lipinski definition) is 3. The molecule has 0 N–H and O–H groups in total. The van der Waals surface area contributed by atoms with Crippen LogP contribution in [0.25, 0.3) is 10.9 Å². The molecule has 0 aliphatic carbocycles. The van der Waals surface area contributed by atoms with Gasteiger partial charge in [-0.05, 0) is 24.3 Å². The minimum absolute atomic E-state index is 0.0809. The van der Waals surface area contributed by atoms with Crippen LogP contribution in [-0.2, 0) is 10.0 Å². The molecule has 0 unspecified atom stereocenters. The number of fused-ring (bicyclic) bond motifs is 1.